The van der Waals surface area contributed by atoms with Gasteiger partial charge in [-0.25, -0.2) is 0 Å². The van der Waals surface area contributed by atoms with Crippen LogP contribution in [0.2, 0.25) is 4.34 Å². The van der Waals surface area contributed by atoms with E-state index in [1.807, 2.05) is 18.4 Å². The maximum absolute atomic E-state index is 5.67. The Hall–Kier alpha value is -0.0500. The zero-order chi connectivity index (χ0) is 6.85. The minimum atomic E-state index is 0.105. The normalized spacial score (nSPS) is 13.7. The molecule has 50 valence electrons. The summed E-state index contributed by atoms with van der Waals surface area (Å²) in [5.74, 6) is 0. The molecular weight excluding hydrogens is 154 g/mol. The van der Waals surface area contributed by atoms with Crippen molar-refractivity contribution in [2.75, 3.05) is 0 Å². The Morgan fingerprint density at radius 1 is 1.78 bits per heavy atom. The zero-order valence-electron chi connectivity index (χ0n) is 5.10. The molecule has 0 saturated heterocycles. The average Bonchev–Trinajstić information content (AvgIpc) is 2.14. The van der Waals surface area contributed by atoms with Gasteiger partial charge in [-0.2, -0.15) is 0 Å². The fourth-order valence-corrected chi connectivity index (χ4v) is 1.56. The van der Waals surface area contributed by atoms with Crippen molar-refractivity contribution in [3.05, 3.63) is 21.3 Å². The number of thiophene rings is 1. The fourth-order valence-electron chi connectivity index (χ4n) is 0.562. The fraction of sp³-hybridized carbons (Fsp3) is 0.333. The van der Waals surface area contributed by atoms with E-state index >= 15 is 0 Å². The molecule has 1 aromatic rings. The van der Waals surface area contributed by atoms with Crippen molar-refractivity contribution in [3.63, 3.8) is 0 Å². The Bertz CT molecular complexity index is 195. The second-order valence-electron chi connectivity index (χ2n) is 1.97. The van der Waals surface area contributed by atoms with Crippen LogP contribution in [0.3, 0.4) is 0 Å². The van der Waals surface area contributed by atoms with E-state index in [9.17, 15) is 0 Å². The van der Waals surface area contributed by atoms with Gasteiger partial charge in [0.25, 0.3) is 0 Å². The predicted molar refractivity (Wildman–Crippen MR) is 41.9 cm³/mol. The monoisotopic (exact) mass is 161 g/mol. The van der Waals surface area contributed by atoms with E-state index in [4.69, 9.17) is 17.3 Å². The van der Waals surface area contributed by atoms with Gasteiger partial charge in [-0.3, -0.25) is 0 Å². The topological polar surface area (TPSA) is 26.0 Å². The van der Waals surface area contributed by atoms with E-state index in [0.29, 0.717) is 0 Å². The first-order chi connectivity index (χ1) is 4.20. The third-order valence-corrected chi connectivity index (χ3v) is 2.22. The van der Waals surface area contributed by atoms with Crippen molar-refractivity contribution >= 4 is 22.9 Å². The summed E-state index contributed by atoms with van der Waals surface area (Å²) in [7, 11) is 0. The SMILES string of the molecule is CC(N)c1csc(Cl)c1. The molecule has 1 heterocycles. The van der Waals surface area contributed by atoms with E-state index < -0.39 is 0 Å². The van der Waals surface area contributed by atoms with Crippen molar-refractivity contribution in [3.8, 4) is 0 Å². The molecule has 1 unspecified atom stereocenters. The lowest BCUT2D eigenvalue weighted by atomic mass is 10.2. The molecule has 0 aliphatic rings. The van der Waals surface area contributed by atoms with Gasteiger partial charge in [0, 0.05) is 6.04 Å². The first-order valence-electron chi connectivity index (χ1n) is 2.69. The predicted octanol–water partition coefficient (Wildman–Crippen LogP) is 2.42. The molecule has 0 spiro atoms. The summed E-state index contributed by atoms with van der Waals surface area (Å²) >= 11 is 7.19. The zero-order valence-corrected chi connectivity index (χ0v) is 6.67. The maximum Gasteiger partial charge on any atom is 0.0931 e. The van der Waals surface area contributed by atoms with Gasteiger partial charge in [0.2, 0.25) is 0 Å². The number of halogens is 1. The highest BCUT2D eigenvalue weighted by molar-refractivity contribution is 7.14. The van der Waals surface area contributed by atoms with Crippen LogP contribution in [0.4, 0.5) is 0 Å². The van der Waals surface area contributed by atoms with Gasteiger partial charge >= 0.3 is 0 Å². The second kappa shape index (κ2) is 2.69. The van der Waals surface area contributed by atoms with Gasteiger partial charge in [-0.15, -0.1) is 11.3 Å². The second-order valence-corrected chi connectivity index (χ2v) is 3.52. The largest absolute Gasteiger partial charge is 0.324 e. The molecule has 0 fully saturated rings. The molecule has 0 bridgehead atoms. The van der Waals surface area contributed by atoms with E-state index in [-0.39, 0.29) is 6.04 Å². The molecule has 1 atom stereocenters. The van der Waals surface area contributed by atoms with Crippen molar-refractivity contribution in [2.24, 2.45) is 5.73 Å². The third kappa shape index (κ3) is 1.68. The number of nitrogens with two attached hydrogens (primary N) is 1. The summed E-state index contributed by atoms with van der Waals surface area (Å²) in [6, 6.07) is 2.01. The van der Waals surface area contributed by atoms with E-state index in [2.05, 4.69) is 0 Å². The molecular formula is C6H8ClNS. The summed E-state index contributed by atoms with van der Waals surface area (Å²) < 4.78 is 0.808. The molecule has 2 N–H and O–H groups in total. The van der Waals surface area contributed by atoms with E-state index in [1.165, 1.54) is 11.3 Å². The minimum absolute atomic E-state index is 0.105. The molecule has 1 aromatic heterocycles. The highest BCUT2D eigenvalue weighted by Gasteiger charge is 2.00. The average molecular weight is 162 g/mol. The maximum atomic E-state index is 5.67. The van der Waals surface area contributed by atoms with Crippen molar-refractivity contribution < 1.29 is 0 Å². The van der Waals surface area contributed by atoms with Crippen LogP contribution in [0.5, 0.6) is 0 Å². The molecule has 0 aliphatic carbocycles. The van der Waals surface area contributed by atoms with Gasteiger partial charge in [-0.1, -0.05) is 11.6 Å². The molecule has 9 heavy (non-hydrogen) atoms. The first-order valence-corrected chi connectivity index (χ1v) is 3.95. The first kappa shape index (κ1) is 7.06. The van der Waals surface area contributed by atoms with E-state index in [0.717, 1.165) is 9.90 Å². The van der Waals surface area contributed by atoms with Gasteiger partial charge in [0.15, 0.2) is 0 Å². The quantitative estimate of drug-likeness (QED) is 0.673. The summed E-state index contributed by atoms with van der Waals surface area (Å²) in [4.78, 5) is 0. The molecule has 0 amide bonds. The summed E-state index contributed by atoms with van der Waals surface area (Å²) in [5, 5.41) is 1.98. The van der Waals surface area contributed by atoms with Crippen molar-refractivity contribution in [1.82, 2.24) is 0 Å². The molecule has 3 heteroatoms. The van der Waals surface area contributed by atoms with Gasteiger partial charge in [0.1, 0.15) is 0 Å². The summed E-state index contributed by atoms with van der Waals surface area (Å²) in [5.41, 5.74) is 6.69. The lowest BCUT2D eigenvalue weighted by Gasteiger charge is -1.97. The highest BCUT2D eigenvalue weighted by Crippen LogP contribution is 2.23. The Kier molecular flexibility index (Phi) is 2.11. The molecule has 0 saturated carbocycles. The molecule has 0 radical (unpaired) electrons. The van der Waals surface area contributed by atoms with Crippen LogP contribution in [0.25, 0.3) is 0 Å². The number of hydrogen-bond acceptors (Lipinski definition) is 2. The summed E-state index contributed by atoms with van der Waals surface area (Å²) in [6.07, 6.45) is 0. The smallest absolute Gasteiger partial charge is 0.0931 e. The van der Waals surface area contributed by atoms with Crippen LogP contribution in [0.15, 0.2) is 11.4 Å². The van der Waals surface area contributed by atoms with Crippen LogP contribution >= 0.6 is 22.9 Å². The lowest BCUT2D eigenvalue weighted by molar-refractivity contribution is 0.823. The molecule has 0 aromatic carbocycles. The van der Waals surface area contributed by atoms with Gasteiger partial charge in [0.05, 0.1) is 4.34 Å². The molecule has 1 nitrogen and oxygen atoms in total. The van der Waals surface area contributed by atoms with Gasteiger partial charge in [-0.05, 0) is 23.9 Å². The highest BCUT2D eigenvalue weighted by atomic mass is 35.5. The Morgan fingerprint density at radius 2 is 2.44 bits per heavy atom. The third-order valence-electron chi connectivity index (χ3n) is 1.11. The van der Waals surface area contributed by atoms with Crippen LogP contribution < -0.4 is 5.73 Å². The molecule has 0 aliphatic heterocycles. The summed E-state index contributed by atoms with van der Waals surface area (Å²) in [6.45, 7) is 1.94. The Labute approximate surface area is 63.4 Å². The Balaban J connectivity index is 2.85. The van der Waals surface area contributed by atoms with Crippen LogP contribution in [-0.2, 0) is 0 Å². The van der Waals surface area contributed by atoms with Gasteiger partial charge < -0.3 is 5.73 Å². The van der Waals surface area contributed by atoms with Crippen molar-refractivity contribution in [1.29, 1.82) is 0 Å². The Morgan fingerprint density at radius 3 is 2.67 bits per heavy atom. The number of rotatable bonds is 1. The molecule has 1 rings (SSSR count). The van der Waals surface area contributed by atoms with Crippen LogP contribution in [0.1, 0.15) is 18.5 Å². The lowest BCUT2D eigenvalue weighted by Crippen LogP contribution is -2.02. The number of hydrogen-bond donors (Lipinski definition) is 1. The van der Waals surface area contributed by atoms with Crippen molar-refractivity contribution in [2.45, 2.75) is 13.0 Å². The minimum Gasteiger partial charge on any atom is -0.324 e. The van der Waals surface area contributed by atoms with Crippen LogP contribution in [-0.4, -0.2) is 0 Å². The van der Waals surface area contributed by atoms with Crippen LogP contribution in [0, 0.1) is 0 Å². The van der Waals surface area contributed by atoms with E-state index in [1.54, 1.807) is 0 Å². The standard InChI is InChI=1S/C6H8ClNS/c1-4(8)5-2-6(7)9-3-5/h2-4H,8H2,1H3.